The summed E-state index contributed by atoms with van der Waals surface area (Å²) in [5.41, 5.74) is 0.853. The zero-order valence-corrected chi connectivity index (χ0v) is 16.6. The molecule has 0 aromatic heterocycles. The van der Waals surface area contributed by atoms with Gasteiger partial charge in [-0.25, -0.2) is 0 Å². The normalized spacial score (nSPS) is 11.8. The maximum absolute atomic E-state index is 12.5. The van der Waals surface area contributed by atoms with Crippen LogP contribution in [0.3, 0.4) is 0 Å². The highest BCUT2D eigenvalue weighted by Gasteiger charge is 2.11. The Labute approximate surface area is 160 Å². The van der Waals surface area contributed by atoms with Gasteiger partial charge in [0.05, 0.1) is 13.7 Å². The van der Waals surface area contributed by atoms with E-state index >= 15 is 0 Å². The number of nitrogens with one attached hydrogen (secondary N) is 2. The smallest absolute Gasteiger partial charge is 0.387 e. The standard InChI is InChI=1S/C19H31F2N3O3/c1-14(2)8-11-26-12-10-24-19(22-3)23-9-7-15-5-6-16(25-4)17(13-15)27-18(20)21/h5-6,13-14,18H,7-12H2,1-4H3,(H2,22,23,24). The summed E-state index contributed by atoms with van der Waals surface area (Å²) < 4.78 is 40.0. The quantitative estimate of drug-likeness (QED) is 0.328. The second-order valence-electron chi connectivity index (χ2n) is 6.33. The van der Waals surface area contributed by atoms with Crippen LogP contribution in [0.15, 0.2) is 23.2 Å². The first-order chi connectivity index (χ1) is 13.0. The number of hydrogen-bond donors (Lipinski definition) is 2. The van der Waals surface area contributed by atoms with Crippen molar-refractivity contribution in [3.05, 3.63) is 23.8 Å². The second-order valence-corrected chi connectivity index (χ2v) is 6.33. The number of benzene rings is 1. The summed E-state index contributed by atoms with van der Waals surface area (Å²) in [5.74, 6) is 1.62. The molecule has 0 heterocycles. The van der Waals surface area contributed by atoms with E-state index in [1.165, 1.54) is 7.11 Å². The number of aliphatic imine (C=N–C) groups is 1. The Kier molecular flexibility index (Phi) is 11.2. The zero-order chi connectivity index (χ0) is 20.1. The maximum atomic E-state index is 12.5. The molecule has 2 N–H and O–H groups in total. The molecule has 8 heteroatoms. The van der Waals surface area contributed by atoms with Crippen LogP contribution in [0.4, 0.5) is 8.78 Å². The first kappa shape index (κ1) is 23.0. The highest BCUT2D eigenvalue weighted by Crippen LogP contribution is 2.29. The molecule has 27 heavy (non-hydrogen) atoms. The summed E-state index contributed by atoms with van der Waals surface area (Å²) in [6.07, 6.45) is 1.67. The molecule has 0 aliphatic carbocycles. The third-order valence-corrected chi connectivity index (χ3v) is 3.75. The topological polar surface area (TPSA) is 64.1 Å². The van der Waals surface area contributed by atoms with Crippen LogP contribution in [0.25, 0.3) is 0 Å². The Morgan fingerprint density at radius 2 is 1.85 bits per heavy atom. The van der Waals surface area contributed by atoms with Crippen molar-refractivity contribution in [2.45, 2.75) is 33.3 Å². The molecule has 1 aromatic rings. The number of alkyl halides is 2. The van der Waals surface area contributed by atoms with Gasteiger partial charge in [-0.05, 0) is 36.5 Å². The fourth-order valence-corrected chi connectivity index (χ4v) is 2.27. The van der Waals surface area contributed by atoms with Crippen LogP contribution < -0.4 is 20.1 Å². The van der Waals surface area contributed by atoms with E-state index in [-0.39, 0.29) is 11.5 Å². The third kappa shape index (κ3) is 9.98. The van der Waals surface area contributed by atoms with Gasteiger partial charge in [0, 0.05) is 26.7 Å². The zero-order valence-electron chi connectivity index (χ0n) is 16.6. The minimum absolute atomic E-state index is 0.0334. The van der Waals surface area contributed by atoms with Crippen LogP contribution in [-0.2, 0) is 11.2 Å². The van der Waals surface area contributed by atoms with Crippen LogP contribution in [0, 0.1) is 5.92 Å². The predicted molar refractivity (Wildman–Crippen MR) is 103 cm³/mol. The summed E-state index contributed by atoms with van der Waals surface area (Å²) in [6, 6.07) is 5.00. The van der Waals surface area contributed by atoms with Gasteiger partial charge in [-0.3, -0.25) is 4.99 Å². The Morgan fingerprint density at radius 3 is 2.48 bits per heavy atom. The number of methoxy groups -OCH3 is 1. The summed E-state index contributed by atoms with van der Waals surface area (Å²) in [7, 11) is 3.11. The summed E-state index contributed by atoms with van der Waals surface area (Å²) in [4.78, 5) is 4.14. The molecule has 0 unspecified atom stereocenters. The Balaban J connectivity index is 2.35. The lowest BCUT2D eigenvalue weighted by Gasteiger charge is -2.14. The van der Waals surface area contributed by atoms with E-state index in [1.807, 2.05) is 6.07 Å². The minimum atomic E-state index is -2.89. The highest BCUT2D eigenvalue weighted by atomic mass is 19.3. The van der Waals surface area contributed by atoms with E-state index in [0.29, 0.717) is 38.0 Å². The van der Waals surface area contributed by atoms with Crippen molar-refractivity contribution < 1.29 is 23.0 Å². The van der Waals surface area contributed by atoms with E-state index in [0.717, 1.165) is 18.6 Å². The lowest BCUT2D eigenvalue weighted by atomic mass is 10.1. The number of guanidine groups is 1. The van der Waals surface area contributed by atoms with Crippen LogP contribution in [0.1, 0.15) is 25.8 Å². The lowest BCUT2D eigenvalue weighted by Crippen LogP contribution is -2.39. The van der Waals surface area contributed by atoms with E-state index in [2.05, 4.69) is 34.2 Å². The molecular formula is C19H31F2N3O3. The molecule has 1 rings (SSSR count). The van der Waals surface area contributed by atoms with Crippen molar-refractivity contribution in [3.63, 3.8) is 0 Å². The molecule has 6 nitrogen and oxygen atoms in total. The van der Waals surface area contributed by atoms with Gasteiger partial charge >= 0.3 is 6.61 Å². The first-order valence-corrected chi connectivity index (χ1v) is 9.10. The van der Waals surface area contributed by atoms with Gasteiger partial charge in [0.15, 0.2) is 17.5 Å². The van der Waals surface area contributed by atoms with E-state index < -0.39 is 6.61 Å². The van der Waals surface area contributed by atoms with Crippen LogP contribution in [-0.4, -0.2) is 53.0 Å². The largest absolute Gasteiger partial charge is 0.493 e. The van der Waals surface area contributed by atoms with Crippen molar-refractivity contribution in [2.24, 2.45) is 10.9 Å². The molecule has 0 radical (unpaired) electrons. The number of ether oxygens (including phenoxy) is 3. The predicted octanol–water partition coefficient (Wildman–Crippen LogP) is 3.07. The molecule has 0 saturated carbocycles. The molecule has 0 bridgehead atoms. The molecule has 0 atom stereocenters. The minimum Gasteiger partial charge on any atom is -0.493 e. The Morgan fingerprint density at radius 1 is 1.11 bits per heavy atom. The number of rotatable bonds is 12. The van der Waals surface area contributed by atoms with Gasteiger partial charge in [0.1, 0.15) is 0 Å². The van der Waals surface area contributed by atoms with Crippen LogP contribution in [0.2, 0.25) is 0 Å². The van der Waals surface area contributed by atoms with Gasteiger partial charge < -0.3 is 24.8 Å². The Hall–Kier alpha value is -2.09. The fraction of sp³-hybridized carbons (Fsp3) is 0.632. The number of hydrogen-bond acceptors (Lipinski definition) is 4. The van der Waals surface area contributed by atoms with Crippen molar-refractivity contribution in [1.29, 1.82) is 0 Å². The molecule has 0 spiro atoms. The van der Waals surface area contributed by atoms with Gasteiger partial charge in [-0.15, -0.1) is 0 Å². The maximum Gasteiger partial charge on any atom is 0.387 e. The third-order valence-electron chi connectivity index (χ3n) is 3.75. The molecule has 0 fully saturated rings. The SMILES string of the molecule is CN=C(NCCOCCC(C)C)NCCc1ccc(OC)c(OC(F)F)c1. The monoisotopic (exact) mass is 387 g/mol. The fourth-order valence-electron chi connectivity index (χ4n) is 2.27. The van der Waals surface area contributed by atoms with Gasteiger partial charge in [0.2, 0.25) is 0 Å². The average molecular weight is 387 g/mol. The first-order valence-electron chi connectivity index (χ1n) is 9.10. The number of halogens is 2. The average Bonchev–Trinajstić information content (AvgIpc) is 2.62. The van der Waals surface area contributed by atoms with Crippen LogP contribution in [0.5, 0.6) is 11.5 Å². The molecular weight excluding hydrogens is 356 g/mol. The van der Waals surface area contributed by atoms with Crippen molar-refractivity contribution >= 4 is 5.96 Å². The summed E-state index contributed by atoms with van der Waals surface area (Å²) in [5, 5.41) is 6.35. The van der Waals surface area contributed by atoms with Gasteiger partial charge in [-0.2, -0.15) is 8.78 Å². The van der Waals surface area contributed by atoms with E-state index in [1.54, 1.807) is 19.2 Å². The molecule has 1 aromatic carbocycles. The Bertz CT molecular complexity index is 569. The van der Waals surface area contributed by atoms with Gasteiger partial charge in [0.25, 0.3) is 0 Å². The van der Waals surface area contributed by atoms with E-state index in [4.69, 9.17) is 9.47 Å². The van der Waals surface area contributed by atoms with Gasteiger partial charge in [-0.1, -0.05) is 19.9 Å². The number of nitrogens with zero attached hydrogens (tertiary/aromatic N) is 1. The lowest BCUT2D eigenvalue weighted by molar-refractivity contribution is -0.0512. The second kappa shape index (κ2) is 13.1. The van der Waals surface area contributed by atoms with Crippen molar-refractivity contribution in [2.75, 3.05) is 40.5 Å². The van der Waals surface area contributed by atoms with E-state index in [9.17, 15) is 8.78 Å². The van der Waals surface area contributed by atoms with Crippen LogP contribution >= 0.6 is 0 Å². The van der Waals surface area contributed by atoms with Crippen molar-refractivity contribution in [3.8, 4) is 11.5 Å². The molecule has 0 saturated heterocycles. The molecule has 0 aliphatic rings. The van der Waals surface area contributed by atoms with Crippen molar-refractivity contribution in [1.82, 2.24) is 10.6 Å². The molecule has 0 aliphatic heterocycles. The molecule has 0 amide bonds. The summed E-state index contributed by atoms with van der Waals surface area (Å²) >= 11 is 0. The molecule has 154 valence electrons. The highest BCUT2D eigenvalue weighted by molar-refractivity contribution is 5.79. The summed E-state index contributed by atoms with van der Waals surface area (Å²) in [6.45, 7) is 4.06.